The number of hydroxylamine groups is 1. The highest BCUT2D eigenvalue weighted by atomic mass is 19.4. The quantitative estimate of drug-likeness (QED) is 0.0428. The molecule has 16 heteroatoms. The third-order valence-corrected chi connectivity index (χ3v) is 8.45. The smallest absolute Gasteiger partial charge is 0.504 e. The minimum absolute atomic E-state index is 0.0869. The number of carboxylic acid groups (broad SMARTS) is 1. The molecule has 1 aliphatic rings. The number of nitrogens with zero attached hydrogens (tertiary/aromatic N) is 4. The second-order valence-electron chi connectivity index (χ2n) is 12.0. The number of ether oxygens (including phenoxy) is 1. The van der Waals surface area contributed by atoms with Gasteiger partial charge < -0.3 is 25.2 Å². The molecule has 5 N–H and O–H groups in total. The number of halogens is 4. The van der Waals surface area contributed by atoms with Crippen molar-refractivity contribution in [3.8, 4) is 45.9 Å². The van der Waals surface area contributed by atoms with Gasteiger partial charge in [-0.2, -0.15) is 10.5 Å². The van der Waals surface area contributed by atoms with Gasteiger partial charge in [0.2, 0.25) is 0 Å². The summed E-state index contributed by atoms with van der Waals surface area (Å²) in [4.78, 5) is 26.1. The number of aromatic hydroxyl groups is 1. The van der Waals surface area contributed by atoms with Gasteiger partial charge in [0.1, 0.15) is 29.3 Å². The number of alkyl halides is 3. The normalized spacial score (nSPS) is 13.6. The third-order valence-electron chi connectivity index (χ3n) is 8.45. The molecule has 53 heavy (non-hydrogen) atoms. The average Bonchev–Trinajstić information content (AvgIpc) is 3.14. The molecular formula is C37H32F4N6O6. The van der Waals surface area contributed by atoms with Crippen LogP contribution < -0.4 is 20.4 Å². The summed E-state index contributed by atoms with van der Waals surface area (Å²) >= 11 is 0. The van der Waals surface area contributed by atoms with Crippen LogP contribution in [0.5, 0.6) is 11.5 Å². The highest BCUT2D eigenvalue weighted by molar-refractivity contribution is 5.91. The van der Waals surface area contributed by atoms with Crippen LogP contribution in [-0.4, -0.2) is 57.8 Å². The fraction of sp³-hybridized carbons (Fsp3) is 0.216. The van der Waals surface area contributed by atoms with E-state index in [1.165, 1.54) is 36.0 Å². The van der Waals surface area contributed by atoms with Crippen molar-refractivity contribution < 1.29 is 47.3 Å². The number of amides is 1. The monoisotopic (exact) mass is 732 g/mol. The van der Waals surface area contributed by atoms with Gasteiger partial charge in [-0.25, -0.2) is 14.9 Å². The van der Waals surface area contributed by atoms with Crippen LogP contribution in [-0.2, 0) is 16.1 Å². The lowest BCUT2D eigenvalue weighted by Crippen LogP contribution is -2.51. The summed E-state index contributed by atoms with van der Waals surface area (Å²) in [6, 6.07) is 18.6. The van der Waals surface area contributed by atoms with Gasteiger partial charge in [0.25, 0.3) is 12.4 Å². The zero-order valence-electron chi connectivity index (χ0n) is 28.0. The van der Waals surface area contributed by atoms with Gasteiger partial charge in [-0.3, -0.25) is 14.8 Å². The number of anilines is 1. The molecule has 1 aromatic heterocycles. The first-order valence-corrected chi connectivity index (χ1v) is 15.8. The number of hydrogen-bond donors (Lipinski definition) is 5. The van der Waals surface area contributed by atoms with Crippen LogP contribution in [0.4, 0.5) is 23.4 Å². The molecule has 12 nitrogen and oxygen atoms in total. The van der Waals surface area contributed by atoms with Gasteiger partial charge in [0.15, 0.2) is 11.5 Å². The maximum atomic E-state index is 14.9. The second-order valence-corrected chi connectivity index (χ2v) is 12.0. The Balaban J connectivity index is 0.00000202. The summed E-state index contributed by atoms with van der Waals surface area (Å²) < 4.78 is 57.2. The van der Waals surface area contributed by atoms with E-state index in [1.807, 2.05) is 29.2 Å². The number of benzene rings is 3. The van der Waals surface area contributed by atoms with E-state index in [1.54, 1.807) is 12.1 Å². The fourth-order valence-electron chi connectivity index (χ4n) is 5.68. The predicted octanol–water partition coefficient (Wildman–Crippen LogP) is 6.27. The average molecular weight is 733 g/mol. The van der Waals surface area contributed by atoms with Crippen molar-refractivity contribution in [1.82, 2.24) is 15.8 Å². The van der Waals surface area contributed by atoms with Crippen molar-refractivity contribution in [2.45, 2.75) is 38.2 Å². The molecule has 0 radical (unpaired) electrons. The van der Waals surface area contributed by atoms with E-state index in [4.69, 9.17) is 15.1 Å². The topological polar surface area (TPSA) is 192 Å². The van der Waals surface area contributed by atoms with E-state index in [9.17, 15) is 38.0 Å². The molecule has 1 saturated heterocycles. The van der Waals surface area contributed by atoms with Crippen LogP contribution in [0.15, 0.2) is 72.9 Å². The Morgan fingerprint density at radius 1 is 1.06 bits per heavy atom. The van der Waals surface area contributed by atoms with Gasteiger partial charge in [-0.05, 0) is 72.4 Å². The Hall–Kier alpha value is -6.49. The zero-order chi connectivity index (χ0) is 38.8. The molecule has 3 aromatic carbocycles. The van der Waals surface area contributed by atoms with Crippen molar-refractivity contribution in [2.75, 3.05) is 18.0 Å². The molecular weight excluding hydrogens is 700 g/mol. The van der Waals surface area contributed by atoms with Crippen LogP contribution >= 0.6 is 0 Å². The lowest BCUT2D eigenvalue weighted by atomic mass is 9.88. The summed E-state index contributed by atoms with van der Waals surface area (Å²) in [5.41, 5.74) is 3.85. The third kappa shape index (κ3) is 10.1. The number of aromatic nitrogens is 1. The lowest BCUT2D eigenvalue weighted by Gasteiger charge is -2.41. The molecule has 0 aliphatic carbocycles. The molecule has 1 aliphatic heterocycles. The standard InChI is InChI=1S/C36H30F4N6O4.CH2O2/c1-35(44-20-23-4-2-22(3-5-23)6-11-32(48)45-49)12-14-46(15-13-35)34-27(19-42)33(25-7-8-26(18-41)29(37)16-25)28(21-43-34)24-9-10-31(30(47)17-24)50-36(38,39)40;2-1-3/h2-11,16-17,21,44,47,49H,12-15,20H2,1H3,(H,45,48);1H,(H,2,3)/b11-6+;. The first-order chi connectivity index (χ1) is 25.2. The number of phenolic OH excluding ortho intramolecular Hbond substituents is 1. The first-order valence-electron chi connectivity index (χ1n) is 15.8. The summed E-state index contributed by atoms with van der Waals surface area (Å²) in [6.45, 7) is 3.43. The number of nitrogens with one attached hydrogen (secondary N) is 2. The van der Waals surface area contributed by atoms with E-state index in [2.05, 4.69) is 28.0 Å². The molecule has 274 valence electrons. The summed E-state index contributed by atoms with van der Waals surface area (Å²) in [5.74, 6) is -2.74. The molecule has 0 unspecified atom stereocenters. The highest BCUT2D eigenvalue weighted by Gasteiger charge is 2.34. The predicted molar refractivity (Wildman–Crippen MR) is 184 cm³/mol. The van der Waals surface area contributed by atoms with Crippen LogP contribution in [0, 0.1) is 28.5 Å². The maximum absolute atomic E-state index is 14.9. The summed E-state index contributed by atoms with van der Waals surface area (Å²) in [5, 5.41) is 49.2. The van der Waals surface area contributed by atoms with Crippen molar-refractivity contribution in [3.05, 3.63) is 101 Å². The SMILES string of the molecule is CC1(NCc2ccc(/C=C/C(=O)NO)cc2)CCN(c2ncc(-c3ccc(OC(F)(F)F)c(O)c3)c(-c3ccc(C#N)c(F)c3)c2C#N)CC1.O=CO. The van der Waals surface area contributed by atoms with Crippen LogP contribution in [0.1, 0.15) is 42.0 Å². The van der Waals surface area contributed by atoms with E-state index in [0.29, 0.717) is 38.3 Å². The van der Waals surface area contributed by atoms with Gasteiger partial charge in [-0.15, -0.1) is 13.2 Å². The Bertz CT molecular complexity index is 2070. The van der Waals surface area contributed by atoms with Crippen LogP contribution in [0.2, 0.25) is 0 Å². The molecule has 0 spiro atoms. The molecule has 1 amide bonds. The Labute approximate surface area is 300 Å². The molecule has 5 rings (SSSR count). The molecule has 2 heterocycles. The number of rotatable bonds is 9. The van der Waals surface area contributed by atoms with Gasteiger partial charge >= 0.3 is 6.36 Å². The molecule has 0 atom stereocenters. The maximum Gasteiger partial charge on any atom is 0.573 e. The fourth-order valence-corrected chi connectivity index (χ4v) is 5.68. The minimum atomic E-state index is -5.03. The van der Waals surface area contributed by atoms with E-state index in [-0.39, 0.29) is 45.4 Å². The zero-order valence-corrected chi connectivity index (χ0v) is 28.0. The Kier molecular flexibility index (Phi) is 12.7. The summed E-state index contributed by atoms with van der Waals surface area (Å²) in [6.07, 6.45) is 0.524. The largest absolute Gasteiger partial charge is 0.573 e. The van der Waals surface area contributed by atoms with E-state index >= 15 is 0 Å². The molecule has 0 saturated carbocycles. The molecule has 1 fully saturated rings. The first kappa shape index (κ1) is 39.3. The second kappa shape index (κ2) is 17.1. The highest BCUT2D eigenvalue weighted by Crippen LogP contribution is 2.42. The van der Waals surface area contributed by atoms with Crippen molar-refractivity contribution >= 4 is 24.3 Å². The Morgan fingerprint density at radius 3 is 2.28 bits per heavy atom. The van der Waals surface area contributed by atoms with E-state index in [0.717, 1.165) is 29.3 Å². The number of phenols is 1. The van der Waals surface area contributed by atoms with Crippen molar-refractivity contribution in [2.24, 2.45) is 0 Å². The lowest BCUT2D eigenvalue weighted by molar-refractivity contribution is -0.275. The van der Waals surface area contributed by atoms with Crippen molar-refractivity contribution in [3.63, 3.8) is 0 Å². The van der Waals surface area contributed by atoms with E-state index < -0.39 is 29.6 Å². The number of pyridine rings is 1. The minimum Gasteiger partial charge on any atom is -0.504 e. The number of piperidine rings is 1. The number of carbonyl (C=O) groups is 2. The number of hydrogen-bond acceptors (Lipinski definition) is 10. The van der Waals surface area contributed by atoms with Gasteiger partial charge in [0.05, 0.1) is 5.56 Å². The van der Waals surface area contributed by atoms with Gasteiger partial charge in [-0.1, -0.05) is 36.4 Å². The van der Waals surface area contributed by atoms with Crippen LogP contribution in [0.3, 0.4) is 0 Å². The van der Waals surface area contributed by atoms with Gasteiger partial charge in [0, 0.05) is 48.6 Å². The number of nitriles is 2. The summed E-state index contributed by atoms with van der Waals surface area (Å²) in [7, 11) is 0. The molecule has 4 aromatic rings. The van der Waals surface area contributed by atoms with Crippen molar-refractivity contribution in [1.29, 1.82) is 10.5 Å². The number of carbonyl (C=O) groups excluding carboxylic acids is 1. The molecule has 0 bridgehead atoms. The van der Waals surface area contributed by atoms with Crippen LogP contribution in [0.25, 0.3) is 28.3 Å². The Morgan fingerprint density at radius 2 is 1.72 bits per heavy atom.